The number of rotatable bonds is 2. The molecule has 0 saturated carbocycles. The summed E-state index contributed by atoms with van der Waals surface area (Å²) in [5, 5.41) is 10.8. The average Bonchev–Trinajstić information content (AvgIpc) is 2.82. The highest BCUT2D eigenvalue weighted by atomic mass is 15.3. The van der Waals surface area contributed by atoms with Gasteiger partial charge in [0, 0.05) is 5.69 Å². The molecule has 0 atom stereocenters. The molecule has 1 aromatic carbocycles. The van der Waals surface area contributed by atoms with Gasteiger partial charge >= 0.3 is 0 Å². The summed E-state index contributed by atoms with van der Waals surface area (Å²) < 4.78 is 0. The van der Waals surface area contributed by atoms with Crippen molar-refractivity contribution in [2.24, 2.45) is 5.73 Å². The molecule has 0 fully saturated rings. The van der Waals surface area contributed by atoms with Crippen LogP contribution in [0.3, 0.4) is 0 Å². The van der Waals surface area contributed by atoms with Gasteiger partial charge in [0.15, 0.2) is 5.82 Å². The predicted octanol–water partition coefficient (Wildman–Crippen LogP) is 1.59. The lowest BCUT2D eigenvalue weighted by Gasteiger charge is -2.19. The molecule has 0 bridgehead atoms. The van der Waals surface area contributed by atoms with Crippen molar-refractivity contribution >= 4 is 23.0 Å². The highest BCUT2D eigenvalue weighted by Gasteiger charge is 2.26. The number of amidine groups is 1. The normalized spacial score (nSPS) is 13.0. The molecule has 0 radical (unpaired) electrons. The molecule has 0 unspecified atom stereocenters. The fraction of sp³-hybridized carbons (Fsp3) is 0.154. The van der Waals surface area contributed by atoms with E-state index in [1.54, 1.807) is 0 Å². The van der Waals surface area contributed by atoms with Crippen molar-refractivity contribution in [3.05, 3.63) is 41.9 Å². The van der Waals surface area contributed by atoms with Crippen molar-refractivity contribution in [2.75, 3.05) is 16.9 Å². The molecule has 1 aromatic heterocycles. The molecule has 2 aromatic rings. The monoisotopic (exact) mass is 254 g/mol. The standard InChI is InChI=1S/C13H14N6/c1-8-4-2-3-5-9(8)19-7-18-11-10(12(14)15)16-6-17-13(11)19/h2-6,18H,7H2,1H3,(H3,14,15). The van der Waals surface area contributed by atoms with Crippen LogP contribution in [-0.2, 0) is 0 Å². The second-order valence-corrected chi connectivity index (χ2v) is 4.38. The minimum atomic E-state index is -0.0576. The van der Waals surface area contributed by atoms with Crippen LogP contribution in [0.2, 0.25) is 0 Å². The Kier molecular flexibility index (Phi) is 2.56. The van der Waals surface area contributed by atoms with Crippen LogP contribution in [0.1, 0.15) is 11.3 Å². The number of fused-ring (bicyclic) bond motifs is 1. The van der Waals surface area contributed by atoms with Crippen molar-refractivity contribution in [2.45, 2.75) is 6.92 Å². The van der Waals surface area contributed by atoms with E-state index in [4.69, 9.17) is 11.1 Å². The summed E-state index contributed by atoms with van der Waals surface area (Å²) in [5.41, 5.74) is 8.95. The number of nitrogens with two attached hydrogens (primary N) is 1. The van der Waals surface area contributed by atoms with Crippen molar-refractivity contribution in [1.82, 2.24) is 9.97 Å². The molecule has 6 nitrogen and oxygen atoms in total. The van der Waals surface area contributed by atoms with Gasteiger partial charge in [0.25, 0.3) is 0 Å². The summed E-state index contributed by atoms with van der Waals surface area (Å²) in [7, 11) is 0. The summed E-state index contributed by atoms with van der Waals surface area (Å²) in [5.74, 6) is 0.701. The van der Waals surface area contributed by atoms with E-state index in [2.05, 4.69) is 33.2 Å². The minimum Gasteiger partial charge on any atom is -0.382 e. The Morgan fingerprint density at radius 2 is 2.16 bits per heavy atom. The predicted molar refractivity (Wildman–Crippen MR) is 74.9 cm³/mol. The third-order valence-electron chi connectivity index (χ3n) is 3.16. The molecule has 6 heteroatoms. The number of hydrogen-bond donors (Lipinski definition) is 3. The fourth-order valence-electron chi connectivity index (χ4n) is 2.25. The van der Waals surface area contributed by atoms with E-state index in [1.807, 2.05) is 18.2 Å². The lowest BCUT2D eigenvalue weighted by atomic mass is 10.2. The van der Waals surface area contributed by atoms with Crippen molar-refractivity contribution in [1.29, 1.82) is 5.41 Å². The summed E-state index contributed by atoms with van der Waals surface area (Å²) >= 11 is 0. The Hall–Kier alpha value is -2.63. The maximum atomic E-state index is 7.55. The van der Waals surface area contributed by atoms with Gasteiger partial charge in [-0.3, -0.25) is 5.41 Å². The third kappa shape index (κ3) is 1.77. The molecule has 1 aliphatic heterocycles. The number of nitrogens with zero attached hydrogens (tertiary/aromatic N) is 3. The fourth-order valence-corrected chi connectivity index (χ4v) is 2.25. The van der Waals surface area contributed by atoms with Crippen molar-refractivity contribution in [3.63, 3.8) is 0 Å². The highest BCUT2D eigenvalue weighted by molar-refractivity contribution is 6.02. The van der Waals surface area contributed by atoms with Crippen molar-refractivity contribution < 1.29 is 0 Å². The molecule has 0 aliphatic carbocycles. The smallest absolute Gasteiger partial charge is 0.162 e. The van der Waals surface area contributed by atoms with Crippen LogP contribution in [-0.4, -0.2) is 22.5 Å². The van der Waals surface area contributed by atoms with Gasteiger partial charge in [-0.2, -0.15) is 0 Å². The van der Waals surface area contributed by atoms with E-state index >= 15 is 0 Å². The zero-order chi connectivity index (χ0) is 13.4. The first-order valence-corrected chi connectivity index (χ1v) is 5.95. The zero-order valence-electron chi connectivity index (χ0n) is 10.5. The molecule has 2 heterocycles. The highest BCUT2D eigenvalue weighted by Crippen LogP contribution is 2.37. The first-order chi connectivity index (χ1) is 9.18. The lowest BCUT2D eigenvalue weighted by molar-refractivity contribution is 1.05. The van der Waals surface area contributed by atoms with E-state index in [0.717, 1.165) is 17.2 Å². The minimum absolute atomic E-state index is 0.0576. The molecular formula is C13H14N6. The van der Waals surface area contributed by atoms with Gasteiger partial charge in [-0.15, -0.1) is 0 Å². The van der Waals surface area contributed by atoms with Crippen LogP contribution < -0.4 is 16.0 Å². The lowest BCUT2D eigenvalue weighted by Crippen LogP contribution is -2.17. The van der Waals surface area contributed by atoms with Gasteiger partial charge in [0.2, 0.25) is 0 Å². The molecule has 0 amide bonds. The molecule has 0 spiro atoms. The summed E-state index contributed by atoms with van der Waals surface area (Å²) in [6.07, 6.45) is 1.44. The Morgan fingerprint density at radius 3 is 2.89 bits per heavy atom. The first-order valence-electron chi connectivity index (χ1n) is 5.95. The Labute approximate surface area is 110 Å². The number of benzene rings is 1. The van der Waals surface area contributed by atoms with Gasteiger partial charge in [-0.25, -0.2) is 9.97 Å². The number of hydrogen-bond acceptors (Lipinski definition) is 5. The number of nitrogen functional groups attached to an aromatic ring is 1. The van der Waals surface area contributed by atoms with Crippen LogP contribution >= 0.6 is 0 Å². The molecule has 19 heavy (non-hydrogen) atoms. The van der Waals surface area contributed by atoms with Gasteiger partial charge in [0.1, 0.15) is 23.5 Å². The van der Waals surface area contributed by atoms with Crippen LogP contribution in [0, 0.1) is 12.3 Å². The number of aromatic nitrogens is 2. The molecule has 4 N–H and O–H groups in total. The average molecular weight is 254 g/mol. The largest absolute Gasteiger partial charge is 0.382 e. The van der Waals surface area contributed by atoms with E-state index in [0.29, 0.717) is 12.4 Å². The Morgan fingerprint density at radius 1 is 1.37 bits per heavy atom. The molecule has 3 rings (SSSR count). The summed E-state index contributed by atoms with van der Waals surface area (Å²) in [6.45, 7) is 2.65. The maximum Gasteiger partial charge on any atom is 0.162 e. The summed E-state index contributed by atoms with van der Waals surface area (Å²) in [4.78, 5) is 10.4. The maximum absolute atomic E-state index is 7.55. The third-order valence-corrected chi connectivity index (χ3v) is 3.16. The molecule has 96 valence electrons. The molecule has 0 saturated heterocycles. The molecule has 1 aliphatic rings. The Bertz CT molecular complexity index is 651. The van der Waals surface area contributed by atoms with E-state index in [9.17, 15) is 0 Å². The number of para-hydroxylation sites is 1. The second kappa shape index (κ2) is 4.24. The topological polar surface area (TPSA) is 90.9 Å². The van der Waals surface area contributed by atoms with Gasteiger partial charge in [-0.1, -0.05) is 18.2 Å². The van der Waals surface area contributed by atoms with Gasteiger partial charge in [0.05, 0.1) is 6.67 Å². The summed E-state index contributed by atoms with van der Waals surface area (Å²) in [6, 6.07) is 8.10. The second-order valence-electron chi connectivity index (χ2n) is 4.38. The van der Waals surface area contributed by atoms with Crippen LogP contribution in [0.15, 0.2) is 30.6 Å². The first kappa shape index (κ1) is 11.5. The number of nitrogens with one attached hydrogen (secondary N) is 2. The van der Waals surface area contributed by atoms with E-state index < -0.39 is 0 Å². The van der Waals surface area contributed by atoms with Gasteiger partial charge in [-0.05, 0) is 18.6 Å². The van der Waals surface area contributed by atoms with Crippen LogP contribution in [0.5, 0.6) is 0 Å². The van der Waals surface area contributed by atoms with Crippen LogP contribution in [0.4, 0.5) is 17.2 Å². The van der Waals surface area contributed by atoms with Crippen molar-refractivity contribution in [3.8, 4) is 0 Å². The SMILES string of the molecule is Cc1ccccc1N1CNc2c(C(=N)N)ncnc21. The van der Waals surface area contributed by atoms with E-state index in [1.165, 1.54) is 11.9 Å². The number of aryl methyl sites for hydroxylation is 1. The quantitative estimate of drug-likeness (QED) is 0.559. The zero-order valence-corrected chi connectivity index (χ0v) is 10.5. The molecular weight excluding hydrogens is 240 g/mol. The number of anilines is 3. The van der Waals surface area contributed by atoms with E-state index in [-0.39, 0.29) is 5.84 Å². The Balaban J connectivity index is 2.11. The van der Waals surface area contributed by atoms with Gasteiger partial charge < -0.3 is 16.0 Å². The van der Waals surface area contributed by atoms with Crippen LogP contribution in [0.25, 0.3) is 0 Å².